The predicted octanol–water partition coefficient (Wildman–Crippen LogP) is 5.25. The van der Waals surface area contributed by atoms with Gasteiger partial charge in [-0.1, -0.05) is 23.7 Å². The Kier molecular flexibility index (Phi) is 5.96. The molecule has 0 saturated carbocycles. The largest absolute Gasteiger partial charge is 0.436 e. The molecule has 1 fully saturated rings. The van der Waals surface area contributed by atoms with Crippen molar-refractivity contribution in [3.63, 3.8) is 0 Å². The minimum Gasteiger partial charge on any atom is -0.436 e. The summed E-state index contributed by atoms with van der Waals surface area (Å²) in [6.45, 7) is 0.596. The first-order valence-corrected chi connectivity index (χ1v) is 13.1. The molecular weight excluding hydrogens is 482 g/mol. The third-order valence-electron chi connectivity index (χ3n) is 5.66. The molecule has 0 atom stereocenters. The Morgan fingerprint density at radius 2 is 1.79 bits per heavy atom. The predicted molar refractivity (Wildman–Crippen MR) is 129 cm³/mol. The van der Waals surface area contributed by atoms with Crippen LogP contribution in [-0.4, -0.2) is 36.7 Å². The van der Waals surface area contributed by atoms with E-state index >= 15 is 0 Å². The minimum absolute atomic E-state index is 0.110. The molecule has 0 bridgehead atoms. The molecule has 33 heavy (non-hydrogen) atoms. The molecule has 5 rings (SSSR count). The zero-order chi connectivity index (χ0) is 23.0. The van der Waals surface area contributed by atoms with Gasteiger partial charge in [0.1, 0.15) is 9.73 Å². The molecule has 170 valence electrons. The first-order chi connectivity index (χ1) is 15.9. The lowest BCUT2D eigenvalue weighted by Crippen LogP contribution is -2.41. The summed E-state index contributed by atoms with van der Waals surface area (Å²) in [5.74, 6) is 0.163. The highest BCUT2D eigenvalue weighted by molar-refractivity contribution is 7.91. The fourth-order valence-electron chi connectivity index (χ4n) is 3.86. The second-order valence-electron chi connectivity index (χ2n) is 7.79. The number of rotatable bonds is 5. The van der Waals surface area contributed by atoms with Crippen molar-refractivity contribution >= 4 is 55.7 Å². The fourth-order valence-corrected chi connectivity index (χ4v) is 6.96. The van der Waals surface area contributed by atoms with Crippen LogP contribution in [0.15, 0.2) is 69.3 Å². The number of piperidine rings is 1. The number of fused-ring (bicyclic) bond motifs is 1. The molecule has 0 aliphatic carbocycles. The Morgan fingerprint density at radius 1 is 1.06 bits per heavy atom. The molecule has 1 amide bonds. The van der Waals surface area contributed by atoms with E-state index in [1.807, 2.05) is 48.5 Å². The highest BCUT2D eigenvalue weighted by Gasteiger charge is 2.33. The number of hydrogen-bond acceptors (Lipinski definition) is 6. The van der Waals surface area contributed by atoms with Crippen molar-refractivity contribution in [2.45, 2.75) is 17.1 Å². The Hall–Kier alpha value is -2.72. The van der Waals surface area contributed by atoms with Gasteiger partial charge in [-0.05, 0) is 61.4 Å². The molecule has 0 spiro atoms. The summed E-state index contributed by atoms with van der Waals surface area (Å²) in [7, 11) is -3.57. The van der Waals surface area contributed by atoms with Gasteiger partial charge in [-0.25, -0.2) is 13.4 Å². The normalized spacial score (nSPS) is 15.7. The van der Waals surface area contributed by atoms with E-state index in [4.69, 9.17) is 16.0 Å². The van der Waals surface area contributed by atoms with E-state index in [1.54, 1.807) is 6.07 Å². The van der Waals surface area contributed by atoms with E-state index in [0.29, 0.717) is 41.8 Å². The number of hydrogen-bond donors (Lipinski definition) is 1. The summed E-state index contributed by atoms with van der Waals surface area (Å²) in [6.07, 6.45) is 0.927. The Labute approximate surface area is 200 Å². The third-order valence-corrected chi connectivity index (χ3v) is 9.26. The zero-order valence-corrected chi connectivity index (χ0v) is 19.8. The summed E-state index contributed by atoms with van der Waals surface area (Å²) in [5, 5.41) is 2.93. The lowest BCUT2D eigenvalue weighted by atomic mass is 9.97. The molecule has 0 radical (unpaired) electrons. The lowest BCUT2D eigenvalue weighted by Gasteiger charge is -2.30. The molecule has 1 aliphatic heterocycles. The van der Waals surface area contributed by atoms with Gasteiger partial charge in [0.05, 0.1) is 4.34 Å². The van der Waals surface area contributed by atoms with Gasteiger partial charge in [0.2, 0.25) is 11.8 Å². The average molecular weight is 502 g/mol. The van der Waals surface area contributed by atoms with Crippen LogP contribution in [0.1, 0.15) is 12.8 Å². The highest BCUT2D eigenvalue weighted by Crippen LogP contribution is 2.31. The molecule has 2 aromatic heterocycles. The molecule has 0 unspecified atom stereocenters. The van der Waals surface area contributed by atoms with Crippen LogP contribution in [-0.2, 0) is 14.8 Å². The van der Waals surface area contributed by atoms with Crippen LogP contribution in [0.3, 0.4) is 0 Å². The first-order valence-electron chi connectivity index (χ1n) is 10.4. The van der Waals surface area contributed by atoms with Crippen LogP contribution >= 0.6 is 22.9 Å². The number of halogens is 1. The van der Waals surface area contributed by atoms with Crippen LogP contribution in [0.2, 0.25) is 4.34 Å². The van der Waals surface area contributed by atoms with Gasteiger partial charge in [-0.15, -0.1) is 11.3 Å². The summed E-state index contributed by atoms with van der Waals surface area (Å²) in [4.78, 5) is 17.2. The van der Waals surface area contributed by atoms with Crippen molar-refractivity contribution in [3.8, 4) is 11.5 Å². The molecule has 10 heteroatoms. The summed E-state index contributed by atoms with van der Waals surface area (Å²) in [5.41, 5.74) is 3.00. The number of oxazole rings is 1. The van der Waals surface area contributed by atoms with Crippen molar-refractivity contribution in [2.75, 3.05) is 18.4 Å². The van der Waals surface area contributed by atoms with Crippen LogP contribution in [0, 0.1) is 5.92 Å². The molecule has 7 nitrogen and oxygen atoms in total. The van der Waals surface area contributed by atoms with Gasteiger partial charge >= 0.3 is 0 Å². The molecule has 1 N–H and O–H groups in total. The number of anilines is 1. The van der Waals surface area contributed by atoms with Crippen LogP contribution in [0.4, 0.5) is 5.69 Å². The third kappa shape index (κ3) is 4.54. The van der Waals surface area contributed by atoms with Gasteiger partial charge in [-0.2, -0.15) is 4.31 Å². The highest BCUT2D eigenvalue weighted by atomic mass is 35.5. The standard InChI is InChI=1S/C23H20ClN3O4S2/c24-20-9-10-21(32-20)33(29,30)27-13-11-15(12-14-27)22(28)25-17-7-5-16(6-8-17)23-26-18-3-1-2-4-19(18)31-23/h1-10,15H,11-14H2,(H,25,28). The topological polar surface area (TPSA) is 92.5 Å². The minimum atomic E-state index is -3.57. The van der Waals surface area contributed by atoms with E-state index in [-0.39, 0.29) is 16.0 Å². The van der Waals surface area contributed by atoms with Gasteiger partial charge in [0, 0.05) is 30.3 Å². The quantitative estimate of drug-likeness (QED) is 0.403. The molecule has 1 aliphatic rings. The molecule has 2 aromatic carbocycles. The van der Waals surface area contributed by atoms with E-state index in [9.17, 15) is 13.2 Å². The van der Waals surface area contributed by atoms with Crippen LogP contribution in [0.25, 0.3) is 22.6 Å². The number of benzene rings is 2. The number of nitrogens with zero attached hydrogens (tertiary/aromatic N) is 2. The maximum absolute atomic E-state index is 12.7. The second kappa shape index (κ2) is 8.90. The van der Waals surface area contributed by atoms with Gasteiger partial charge in [-0.3, -0.25) is 4.79 Å². The van der Waals surface area contributed by atoms with E-state index in [2.05, 4.69) is 10.3 Å². The van der Waals surface area contributed by atoms with Gasteiger partial charge in [0.15, 0.2) is 5.58 Å². The van der Waals surface area contributed by atoms with Crippen molar-refractivity contribution in [1.82, 2.24) is 9.29 Å². The number of sulfonamides is 1. The van der Waals surface area contributed by atoms with Gasteiger partial charge in [0.25, 0.3) is 10.0 Å². The van der Waals surface area contributed by atoms with Crippen molar-refractivity contribution < 1.29 is 17.6 Å². The molecule has 1 saturated heterocycles. The summed E-state index contributed by atoms with van der Waals surface area (Å²) >= 11 is 6.93. The maximum atomic E-state index is 12.7. The van der Waals surface area contributed by atoms with Crippen molar-refractivity contribution in [1.29, 1.82) is 0 Å². The van der Waals surface area contributed by atoms with Gasteiger partial charge < -0.3 is 9.73 Å². The van der Waals surface area contributed by atoms with Crippen molar-refractivity contribution in [2.24, 2.45) is 5.92 Å². The fraction of sp³-hybridized carbons (Fsp3) is 0.217. The number of aromatic nitrogens is 1. The summed E-state index contributed by atoms with van der Waals surface area (Å²) in [6, 6.07) is 18.0. The monoisotopic (exact) mass is 501 g/mol. The van der Waals surface area contributed by atoms with Crippen LogP contribution in [0.5, 0.6) is 0 Å². The summed E-state index contributed by atoms with van der Waals surface area (Å²) < 4.78 is 33.3. The van der Waals surface area contributed by atoms with Crippen LogP contribution < -0.4 is 5.32 Å². The Morgan fingerprint density at radius 3 is 2.45 bits per heavy atom. The number of nitrogens with one attached hydrogen (secondary N) is 1. The smallest absolute Gasteiger partial charge is 0.252 e. The second-order valence-corrected chi connectivity index (χ2v) is 11.7. The number of thiophene rings is 1. The number of carbonyl (C=O) groups is 1. The Balaban J connectivity index is 1.20. The maximum Gasteiger partial charge on any atom is 0.252 e. The molecule has 4 aromatic rings. The zero-order valence-electron chi connectivity index (χ0n) is 17.4. The first kappa shape index (κ1) is 22.1. The molecule has 3 heterocycles. The Bertz CT molecular complexity index is 1370. The SMILES string of the molecule is O=C(Nc1ccc(-c2nc3ccccc3o2)cc1)C1CCN(S(=O)(=O)c2ccc(Cl)s2)CC1. The number of carbonyl (C=O) groups excluding carboxylic acids is 1. The lowest BCUT2D eigenvalue weighted by molar-refractivity contribution is -0.120. The number of para-hydroxylation sites is 2. The van der Waals surface area contributed by atoms with E-state index in [1.165, 1.54) is 10.4 Å². The van der Waals surface area contributed by atoms with Crippen molar-refractivity contribution in [3.05, 3.63) is 65.0 Å². The average Bonchev–Trinajstić information content (AvgIpc) is 3.46. The number of amides is 1. The van der Waals surface area contributed by atoms with E-state index < -0.39 is 10.0 Å². The molecular formula is C23H20ClN3O4S2. The van der Waals surface area contributed by atoms with E-state index in [0.717, 1.165) is 28.0 Å².